The van der Waals surface area contributed by atoms with Gasteiger partial charge in [-0.15, -0.1) is 0 Å². The quantitative estimate of drug-likeness (QED) is 0.811. The molecule has 1 amide bonds. The highest BCUT2D eigenvalue weighted by Crippen LogP contribution is 2.25. The van der Waals surface area contributed by atoms with Gasteiger partial charge in [0.25, 0.3) is 5.91 Å². The molecule has 2 aromatic rings. The number of amides is 1. The Kier molecular flexibility index (Phi) is 5.04. The largest absolute Gasteiger partial charge is 0.497 e. The number of sulfone groups is 1. The van der Waals surface area contributed by atoms with Gasteiger partial charge in [0.15, 0.2) is 0 Å². The fourth-order valence-corrected chi connectivity index (χ4v) is 4.31. The Hall–Kier alpha value is -2.35. The SMILES string of the molecule is COc1cccc(-c2cc(C(=O)N3CCC(S(C)(=O)=O)CC3)n(C)n2)c1. The van der Waals surface area contributed by atoms with Crippen LogP contribution in [0.2, 0.25) is 0 Å². The summed E-state index contributed by atoms with van der Waals surface area (Å²) in [7, 11) is 0.286. The van der Waals surface area contributed by atoms with Crippen molar-refractivity contribution in [3.05, 3.63) is 36.0 Å². The van der Waals surface area contributed by atoms with E-state index in [4.69, 9.17) is 4.74 Å². The Morgan fingerprint density at radius 1 is 1.23 bits per heavy atom. The molecule has 7 nitrogen and oxygen atoms in total. The first-order chi connectivity index (χ1) is 12.3. The van der Waals surface area contributed by atoms with Gasteiger partial charge in [0.1, 0.15) is 21.3 Å². The van der Waals surface area contributed by atoms with Gasteiger partial charge < -0.3 is 9.64 Å². The third-order valence-corrected chi connectivity index (χ3v) is 6.48. The number of benzene rings is 1. The van der Waals surface area contributed by atoms with Crippen molar-refractivity contribution in [2.75, 3.05) is 26.5 Å². The number of likely N-dealkylation sites (tertiary alicyclic amines) is 1. The first-order valence-electron chi connectivity index (χ1n) is 8.46. The van der Waals surface area contributed by atoms with Crippen LogP contribution in [0.3, 0.4) is 0 Å². The van der Waals surface area contributed by atoms with E-state index >= 15 is 0 Å². The maximum absolute atomic E-state index is 12.8. The van der Waals surface area contributed by atoms with E-state index in [0.29, 0.717) is 37.3 Å². The number of nitrogens with zero attached hydrogens (tertiary/aromatic N) is 3. The van der Waals surface area contributed by atoms with Gasteiger partial charge in [0, 0.05) is 32.0 Å². The molecular weight excluding hydrogens is 354 g/mol. The number of methoxy groups -OCH3 is 1. The lowest BCUT2D eigenvalue weighted by atomic mass is 10.1. The molecule has 1 aromatic heterocycles. The Morgan fingerprint density at radius 2 is 1.92 bits per heavy atom. The maximum atomic E-state index is 12.8. The summed E-state index contributed by atoms with van der Waals surface area (Å²) in [4.78, 5) is 14.5. The van der Waals surface area contributed by atoms with Crippen LogP contribution in [0.1, 0.15) is 23.3 Å². The second-order valence-electron chi connectivity index (χ2n) is 6.59. The molecule has 0 aliphatic carbocycles. The van der Waals surface area contributed by atoms with Crippen molar-refractivity contribution < 1.29 is 17.9 Å². The molecule has 1 aromatic carbocycles. The highest BCUT2D eigenvalue weighted by molar-refractivity contribution is 7.91. The van der Waals surface area contributed by atoms with Gasteiger partial charge in [-0.2, -0.15) is 5.10 Å². The van der Waals surface area contributed by atoms with Gasteiger partial charge in [-0.25, -0.2) is 8.42 Å². The van der Waals surface area contributed by atoms with Crippen molar-refractivity contribution in [1.82, 2.24) is 14.7 Å². The molecule has 0 spiro atoms. The Morgan fingerprint density at radius 3 is 2.54 bits per heavy atom. The molecule has 0 N–H and O–H groups in total. The van der Waals surface area contributed by atoms with E-state index < -0.39 is 9.84 Å². The lowest BCUT2D eigenvalue weighted by molar-refractivity contribution is 0.0714. The van der Waals surface area contributed by atoms with Crippen LogP contribution in [0.15, 0.2) is 30.3 Å². The zero-order chi connectivity index (χ0) is 18.9. The van der Waals surface area contributed by atoms with Crippen LogP contribution >= 0.6 is 0 Å². The molecule has 1 aliphatic rings. The summed E-state index contributed by atoms with van der Waals surface area (Å²) < 4.78 is 30.1. The summed E-state index contributed by atoms with van der Waals surface area (Å²) in [6.07, 6.45) is 2.22. The Balaban J connectivity index is 1.78. The van der Waals surface area contributed by atoms with Crippen molar-refractivity contribution in [3.8, 4) is 17.0 Å². The summed E-state index contributed by atoms with van der Waals surface area (Å²) >= 11 is 0. The van der Waals surface area contributed by atoms with Crippen LogP contribution in [0.5, 0.6) is 5.75 Å². The Bertz CT molecular complexity index is 912. The van der Waals surface area contributed by atoms with Crippen molar-refractivity contribution in [2.24, 2.45) is 7.05 Å². The van der Waals surface area contributed by atoms with Gasteiger partial charge in [-0.3, -0.25) is 9.48 Å². The summed E-state index contributed by atoms with van der Waals surface area (Å²) in [6.45, 7) is 0.881. The van der Waals surface area contributed by atoms with E-state index in [1.807, 2.05) is 24.3 Å². The fraction of sp³-hybridized carbons (Fsp3) is 0.444. The summed E-state index contributed by atoms with van der Waals surface area (Å²) in [5.41, 5.74) is 2.05. The molecule has 0 atom stereocenters. The van der Waals surface area contributed by atoms with Crippen LogP contribution in [-0.4, -0.2) is 60.7 Å². The highest BCUT2D eigenvalue weighted by atomic mass is 32.2. The average molecular weight is 377 g/mol. The normalized spacial score (nSPS) is 15.9. The van der Waals surface area contributed by atoms with Gasteiger partial charge in [0.2, 0.25) is 0 Å². The molecule has 0 bridgehead atoms. The van der Waals surface area contributed by atoms with Crippen LogP contribution in [0.25, 0.3) is 11.3 Å². The second kappa shape index (κ2) is 7.11. The van der Waals surface area contributed by atoms with E-state index in [9.17, 15) is 13.2 Å². The van der Waals surface area contributed by atoms with Crippen molar-refractivity contribution in [3.63, 3.8) is 0 Å². The third kappa shape index (κ3) is 3.75. The molecule has 140 valence electrons. The average Bonchev–Trinajstić information content (AvgIpc) is 3.02. The van der Waals surface area contributed by atoms with Gasteiger partial charge >= 0.3 is 0 Å². The van der Waals surface area contributed by atoms with Crippen LogP contribution in [-0.2, 0) is 16.9 Å². The topological polar surface area (TPSA) is 81.5 Å². The number of aromatic nitrogens is 2. The number of aryl methyl sites for hydroxylation is 1. The lowest BCUT2D eigenvalue weighted by Gasteiger charge is -2.31. The third-order valence-electron chi connectivity index (χ3n) is 4.80. The monoisotopic (exact) mass is 377 g/mol. The maximum Gasteiger partial charge on any atom is 0.272 e. The van der Waals surface area contributed by atoms with E-state index in [1.54, 1.807) is 29.8 Å². The molecule has 0 saturated carbocycles. The van der Waals surface area contributed by atoms with Crippen molar-refractivity contribution >= 4 is 15.7 Å². The molecule has 2 heterocycles. The van der Waals surface area contributed by atoms with E-state index in [1.165, 1.54) is 6.26 Å². The zero-order valence-electron chi connectivity index (χ0n) is 15.2. The van der Waals surface area contributed by atoms with E-state index in [0.717, 1.165) is 11.3 Å². The zero-order valence-corrected chi connectivity index (χ0v) is 16.0. The number of carbonyl (C=O) groups is 1. The van der Waals surface area contributed by atoms with Gasteiger partial charge in [0.05, 0.1) is 18.1 Å². The number of rotatable bonds is 4. The molecule has 1 aliphatic heterocycles. The second-order valence-corrected chi connectivity index (χ2v) is 8.92. The minimum Gasteiger partial charge on any atom is -0.497 e. The molecule has 8 heteroatoms. The smallest absolute Gasteiger partial charge is 0.272 e. The summed E-state index contributed by atoms with van der Waals surface area (Å²) in [5, 5.41) is 4.09. The molecule has 0 unspecified atom stereocenters. The first-order valence-corrected chi connectivity index (χ1v) is 10.4. The van der Waals surface area contributed by atoms with E-state index in [2.05, 4.69) is 5.10 Å². The summed E-state index contributed by atoms with van der Waals surface area (Å²) in [5.74, 6) is 0.602. The minimum absolute atomic E-state index is 0.124. The molecule has 26 heavy (non-hydrogen) atoms. The molecule has 1 fully saturated rings. The van der Waals surface area contributed by atoms with E-state index in [-0.39, 0.29) is 11.2 Å². The molecular formula is C18H23N3O4S. The molecule has 1 saturated heterocycles. The predicted molar refractivity (Wildman–Crippen MR) is 99.0 cm³/mol. The minimum atomic E-state index is -3.05. The highest BCUT2D eigenvalue weighted by Gasteiger charge is 2.30. The predicted octanol–water partition coefficient (Wildman–Crippen LogP) is 1.74. The number of carbonyl (C=O) groups excluding carboxylic acids is 1. The lowest BCUT2D eigenvalue weighted by Crippen LogP contribution is -2.42. The van der Waals surface area contributed by atoms with Crippen LogP contribution < -0.4 is 4.74 Å². The standard InChI is InChI=1S/C18H23N3O4S/c1-20-17(12-16(19-20)13-5-4-6-14(11-13)25-2)18(22)21-9-7-15(8-10-21)26(3,23)24/h4-6,11-12,15H,7-10H2,1-3H3. The number of hydrogen-bond donors (Lipinski definition) is 0. The first kappa shape index (κ1) is 18.4. The van der Waals surface area contributed by atoms with Crippen molar-refractivity contribution in [1.29, 1.82) is 0 Å². The number of piperidine rings is 1. The number of ether oxygens (including phenoxy) is 1. The number of hydrogen-bond acceptors (Lipinski definition) is 5. The molecule has 3 rings (SSSR count). The van der Waals surface area contributed by atoms with Crippen LogP contribution in [0, 0.1) is 0 Å². The fourth-order valence-electron chi connectivity index (χ4n) is 3.24. The van der Waals surface area contributed by atoms with Crippen molar-refractivity contribution in [2.45, 2.75) is 18.1 Å². The molecule has 0 radical (unpaired) electrons. The van der Waals surface area contributed by atoms with Gasteiger partial charge in [-0.05, 0) is 31.0 Å². The van der Waals surface area contributed by atoms with Gasteiger partial charge in [-0.1, -0.05) is 12.1 Å². The van der Waals surface area contributed by atoms with Crippen LogP contribution in [0.4, 0.5) is 0 Å². The summed E-state index contributed by atoms with van der Waals surface area (Å²) in [6, 6.07) is 9.27. The Labute approximate surface area is 153 Å².